The smallest absolute Gasteiger partial charge is 0.145 e. The van der Waals surface area contributed by atoms with Gasteiger partial charge in [-0.05, 0) is 80.2 Å². The van der Waals surface area contributed by atoms with Crippen LogP contribution in [0.25, 0.3) is 93.8 Å². The van der Waals surface area contributed by atoms with Crippen LogP contribution in [0.1, 0.15) is 0 Å². The van der Waals surface area contributed by atoms with Crippen molar-refractivity contribution in [3.8, 4) is 39.3 Å². The van der Waals surface area contributed by atoms with E-state index in [1.165, 1.54) is 38.2 Å². The quantitative estimate of drug-likeness (QED) is 0.185. The number of hydrogen-bond donors (Lipinski definition) is 0. The minimum Gasteiger partial charge on any atom is -0.456 e. The molecule has 8 aromatic carbocycles. The highest BCUT2D eigenvalue weighted by Gasteiger charge is 2.21. The maximum Gasteiger partial charge on any atom is 0.145 e. The molecule has 0 amide bonds. The molecule has 2 heterocycles. The molecule has 0 bridgehead atoms. The third kappa shape index (κ3) is 3.98. The van der Waals surface area contributed by atoms with Crippen molar-refractivity contribution in [2.75, 3.05) is 0 Å². The number of fused-ring (bicyclic) bond motifs is 6. The van der Waals surface area contributed by atoms with E-state index in [0.717, 1.165) is 55.6 Å². The molecule has 0 radical (unpaired) electrons. The van der Waals surface area contributed by atoms with Gasteiger partial charge in [-0.3, -0.25) is 4.57 Å². The zero-order valence-electron chi connectivity index (χ0n) is 26.0. The minimum absolute atomic E-state index is 0.903. The van der Waals surface area contributed by atoms with Crippen molar-refractivity contribution in [3.63, 3.8) is 0 Å². The van der Waals surface area contributed by atoms with Gasteiger partial charge in [-0.25, -0.2) is 4.98 Å². The molecular formula is C45H28N2O. The second-order valence-electron chi connectivity index (χ2n) is 12.3. The van der Waals surface area contributed by atoms with Gasteiger partial charge in [0.15, 0.2) is 0 Å². The summed E-state index contributed by atoms with van der Waals surface area (Å²) >= 11 is 0. The van der Waals surface area contributed by atoms with E-state index >= 15 is 0 Å². The summed E-state index contributed by atoms with van der Waals surface area (Å²) in [5, 5.41) is 7.15. The minimum atomic E-state index is 0.903. The lowest BCUT2D eigenvalue weighted by molar-refractivity contribution is 0.669. The van der Waals surface area contributed by atoms with Crippen molar-refractivity contribution in [2.24, 2.45) is 0 Å². The first-order valence-corrected chi connectivity index (χ1v) is 16.3. The Hall–Kier alpha value is -6.45. The molecule has 0 atom stereocenters. The van der Waals surface area contributed by atoms with E-state index in [2.05, 4.69) is 162 Å². The molecule has 0 unspecified atom stereocenters. The first-order valence-electron chi connectivity index (χ1n) is 16.3. The first-order chi connectivity index (χ1) is 23.8. The Labute approximate surface area is 277 Å². The number of imidazole rings is 1. The lowest BCUT2D eigenvalue weighted by Crippen LogP contribution is -1.98. The Morgan fingerprint density at radius 1 is 0.438 bits per heavy atom. The highest BCUT2D eigenvalue weighted by atomic mass is 16.3. The lowest BCUT2D eigenvalue weighted by atomic mass is 9.85. The number of para-hydroxylation sites is 3. The van der Waals surface area contributed by atoms with E-state index in [1.54, 1.807) is 0 Å². The molecule has 0 N–H and O–H groups in total. The fourth-order valence-electron chi connectivity index (χ4n) is 7.58. The van der Waals surface area contributed by atoms with Gasteiger partial charge in [-0.1, -0.05) is 133 Å². The average Bonchev–Trinajstić information content (AvgIpc) is 3.73. The molecule has 10 rings (SSSR count). The topological polar surface area (TPSA) is 31.0 Å². The monoisotopic (exact) mass is 612 g/mol. The maximum atomic E-state index is 6.34. The Bertz CT molecular complexity index is 2780. The van der Waals surface area contributed by atoms with Gasteiger partial charge >= 0.3 is 0 Å². The summed E-state index contributed by atoms with van der Waals surface area (Å²) in [5.41, 5.74) is 10.8. The van der Waals surface area contributed by atoms with Crippen LogP contribution in [0.15, 0.2) is 174 Å². The van der Waals surface area contributed by atoms with Gasteiger partial charge in [-0.15, -0.1) is 0 Å². The molecular weight excluding hydrogens is 585 g/mol. The van der Waals surface area contributed by atoms with E-state index in [0.29, 0.717) is 0 Å². The first kappa shape index (κ1) is 26.7. The van der Waals surface area contributed by atoms with Crippen molar-refractivity contribution in [1.82, 2.24) is 9.55 Å². The molecule has 0 aliphatic rings. The van der Waals surface area contributed by atoms with E-state index in [9.17, 15) is 0 Å². The second-order valence-corrected chi connectivity index (χ2v) is 12.3. The van der Waals surface area contributed by atoms with Crippen LogP contribution in [0, 0.1) is 0 Å². The van der Waals surface area contributed by atoms with Gasteiger partial charge in [-0.2, -0.15) is 0 Å². The van der Waals surface area contributed by atoms with Gasteiger partial charge in [0.05, 0.1) is 11.0 Å². The van der Waals surface area contributed by atoms with Crippen LogP contribution in [0.4, 0.5) is 0 Å². The number of rotatable bonds is 4. The zero-order valence-corrected chi connectivity index (χ0v) is 26.0. The summed E-state index contributed by atoms with van der Waals surface area (Å²) in [6, 6.07) is 60.2. The van der Waals surface area contributed by atoms with Crippen molar-refractivity contribution < 1.29 is 4.42 Å². The van der Waals surface area contributed by atoms with Crippen molar-refractivity contribution in [2.45, 2.75) is 0 Å². The Balaban J connectivity index is 1.27. The molecule has 10 aromatic rings. The Morgan fingerprint density at radius 2 is 1.02 bits per heavy atom. The summed E-state index contributed by atoms with van der Waals surface area (Å²) in [6.07, 6.45) is 0. The molecule has 0 saturated heterocycles. The van der Waals surface area contributed by atoms with Crippen LogP contribution in [-0.4, -0.2) is 9.55 Å². The van der Waals surface area contributed by atoms with Crippen LogP contribution >= 0.6 is 0 Å². The van der Waals surface area contributed by atoms with E-state index < -0.39 is 0 Å². The van der Waals surface area contributed by atoms with Crippen LogP contribution in [0.3, 0.4) is 0 Å². The number of nitrogens with zero attached hydrogens (tertiary/aromatic N) is 2. The van der Waals surface area contributed by atoms with E-state index in [4.69, 9.17) is 9.40 Å². The SMILES string of the molecule is c1ccc(-c2nc3ccccc3n2-c2cccc(-c3c4ccccc4c(-c4cccc5oc6ccccc6c45)c4ccccc34)c2)cc1. The predicted molar refractivity (Wildman–Crippen MR) is 200 cm³/mol. The molecule has 224 valence electrons. The Kier molecular flexibility index (Phi) is 5.87. The average molecular weight is 613 g/mol. The third-order valence-corrected chi connectivity index (χ3v) is 9.59. The number of furan rings is 1. The highest BCUT2D eigenvalue weighted by molar-refractivity contribution is 6.25. The molecule has 3 nitrogen and oxygen atoms in total. The van der Waals surface area contributed by atoms with E-state index in [1.807, 2.05) is 12.1 Å². The van der Waals surface area contributed by atoms with Gasteiger partial charge in [0.1, 0.15) is 17.0 Å². The zero-order chi connectivity index (χ0) is 31.6. The standard InChI is InChI=1S/C45H28N2O/c1-2-14-29(15-3-1)45-46-38-24-9-10-25-39(38)47(45)31-17-12-16-30(28-31)42-32-18-4-6-20-34(32)43(35-21-7-5-19-33(35)42)37-23-13-27-41-44(37)36-22-8-11-26-40(36)48-41/h1-28H. The fourth-order valence-corrected chi connectivity index (χ4v) is 7.58. The Morgan fingerprint density at radius 3 is 1.79 bits per heavy atom. The second kappa shape index (κ2) is 10.5. The number of hydrogen-bond acceptors (Lipinski definition) is 2. The molecule has 48 heavy (non-hydrogen) atoms. The summed E-state index contributed by atoms with van der Waals surface area (Å²) in [5.74, 6) is 0.930. The maximum absolute atomic E-state index is 6.34. The molecule has 2 aromatic heterocycles. The number of benzene rings is 8. The van der Waals surface area contributed by atoms with Gasteiger partial charge in [0.2, 0.25) is 0 Å². The normalized spacial score (nSPS) is 11.8. The molecule has 0 aliphatic heterocycles. The van der Waals surface area contributed by atoms with Crippen LogP contribution in [0.2, 0.25) is 0 Å². The predicted octanol–water partition coefficient (Wildman–Crippen LogP) is 12.2. The summed E-state index contributed by atoms with van der Waals surface area (Å²) in [6.45, 7) is 0. The van der Waals surface area contributed by atoms with Crippen molar-refractivity contribution in [3.05, 3.63) is 170 Å². The molecule has 3 heteroatoms. The number of aromatic nitrogens is 2. The third-order valence-electron chi connectivity index (χ3n) is 9.59. The summed E-state index contributed by atoms with van der Waals surface area (Å²) < 4.78 is 8.63. The molecule has 0 aliphatic carbocycles. The van der Waals surface area contributed by atoms with Crippen molar-refractivity contribution in [1.29, 1.82) is 0 Å². The van der Waals surface area contributed by atoms with Gasteiger partial charge < -0.3 is 4.42 Å². The van der Waals surface area contributed by atoms with Gasteiger partial charge in [0, 0.05) is 22.0 Å². The van der Waals surface area contributed by atoms with Crippen LogP contribution in [0.5, 0.6) is 0 Å². The molecule has 0 saturated carbocycles. The summed E-state index contributed by atoms with van der Waals surface area (Å²) in [7, 11) is 0. The lowest BCUT2D eigenvalue weighted by Gasteiger charge is -2.19. The summed E-state index contributed by atoms with van der Waals surface area (Å²) in [4.78, 5) is 5.10. The van der Waals surface area contributed by atoms with Crippen molar-refractivity contribution >= 4 is 54.5 Å². The highest BCUT2D eigenvalue weighted by Crippen LogP contribution is 2.47. The fraction of sp³-hybridized carbons (Fsp3) is 0. The molecule has 0 spiro atoms. The van der Waals surface area contributed by atoms with Gasteiger partial charge in [0.25, 0.3) is 0 Å². The largest absolute Gasteiger partial charge is 0.456 e. The van der Waals surface area contributed by atoms with E-state index in [-0.39, 0.29) is 0 Å². The van der Waals surface area contributed by atoms with Crippen LogP contribution in [-0.2, 0) is 0 Å². The van der Waals surface area contributed by atoms with Crippen LogP contribution < -0.4 is 0 Å². The molecule has 0 fully saturated rings.